The quantitative estimate of drug-likeness (QED) is 0.475. The monoisotopic (exact) mass is 234 g/mol. The predicted octanol–water partition coefficient (Wildman–Crippen LogP) is 3.32. The summed E-state index contributed by atoms with van der Waals surface area (Å²) in [4.78, 5) is 12.0. The van der Waals surface area contributed by atoms with E-state index in [1.54, 1.807) is 0 Å². The summed E-state index contributed by atoms with van der Waals surface area (Å²) >= 11 is 0. The van der Waals surface area contributed by atoms with Gasteiger partial charge in [-0.15, -0.1) is 0 Å². The summed E-state index contributed by atoms with van der Waals surface area (Å²) in [5.41, 5.74) is 1.75. The second kappa shape index (κ2) is 3.37. The highest BCUT2D eigenvalue weighted by molar-refractivity contribution is 5.80. The van der Waals surface area contributed by atoms with Crippen molar-refractivity contribution >= 4 is 5.97 Å². The number of carbonyl (C=O) groups is 1. The molecule has 1 saturated carbocycles. The van der Waals surface area contributed by atoms with Gasteiger partial charge in [-0.3, -0.25) is 4.79 Å². The van der Waals surface area contributed by atoms with Crippen molar-refractivity contribution in [2.75, 3.05) is 6.61 Å². The van der Waals surface area contributed by atoms with E-state index >= 15 is 0 Å². The molecule has 0 aromatic rings. The number of rotatable bonds is 0. The first-order chi connectivity index (χ1) is 7.95. The van der Waals surface area contributed by atoms with Gasteiger partial charge in [0.15, 0.2) is 0 Å². The predicted molar refractivity (Wildman–Crippen MR) is 66.4 cm³/mol. The summed E-state index contributed by atoms with van der Waals surface area (Å²) in [7, 11) is 0. The van der Waals surface area contributed by atoms with Crippen LogP contribution >= 0.6 is 0 Å². The van der Waals surface area contributed by atoms with E-state index in [1.807, 2.05) is 0 Å². The lowest BCUT2D eigenvalue weighted by molar-refractivity contribution is -0.148. The molecule has 17 heavy (non-hydrogen) atoms. The highest BCUT2D eigenvalue weighted by Crippen LogP contribution is 2.60. The molecular formula is C15H22O2. The number of carbonyl (C=O) groups excluding carboxylic acids is 1. The summed E-state index contributed by atoms with van der Waals surface area (Å²) in [6.45, 7) is 7.61. The third-order valence-electron chi connectivity index (χ3n) is 5.54. The van der Waals surface area contributed by atoms with Gasteiger partial charge in [-0.1, -0.05) is 33.3 Å². The molecule has 2 aliphatic carbocycles. The standard InChI is InChI=1S/C15H22O2/c1-14(2)7-4-8-15(3)11(14)6-5-10-9-17-13(16)12(10)15/h5,11-12H,4,6-9H2,1-3H3. The van der Waals surface area contributed by atoms with Crippen molar-refractivity contribution in [2.24, 2.45) is 22.7 Å². The van der Waals surface area contributed by atoms with E-state index in [-0.39, 0.29) is 17.3 Å². The highest BCUT2D eigenvalue weighted by Gasteiger charge is 2.57. The third kappa shape index (κ3) is 1.42. The Labute approximate surface area is 103 Å². The van der Waals surface area contributed by atoms with Gasteiger partial charge in [0.05, 0.1) is 5.92 Å². The van der Waals surface area contributed by atoms with E-state index < -0.39 is 0 Å². The van der Waals surface area contributed by atoms with Gasteiger partial charge in [-0.25, -0.2) is 0 Å². The number of cyclic esters (lactones) is 1. The minimum absolute atomic E-state index is 0.0288. The van der Waals surface area contributed by atoms with Crippen LogP contribution in [0.1, 0.15) is 46.5 Å². The lowest BCUT2D eigenvalue weighted by atomic mass is 9.49. The smallest absolute Gasteiger partial charge is 0.314 e. The van der Waals surface area contributed by atoms with E-state index in [0.29, 0.717) is 17.9 Å². The molecule has 0 bridgehead atoms. The van der Waals surface area contributed by atoms with Crippen LogP contribution in [0.25, 0.3) is 0 Å². The average Bonchev–Trinajstić information content (AvgIpc) is 2.60. The van der Waals surface area contributed by atoms with Crippen LogP contribution in [0.2, 0.25) is 0 Å². The fraction of sp³-hybridized carbons (Fsp3) is 0.800. The first-order valence-electron chi connectivity index (χ1n) is 6.81. The molecule has 1 saturated heterocycles. The Bertz CT molecular complexity index is 394. The number of esters is 1. The number of fused-ring (bicyclic) bond motifs is 3. The van der Waals surface area contributed by atoms with E-state index in [9.17, 15) is 4.79 Å². The minimum Gasteiger partial charge on any atom is -0.461 e. The maximum Gasteiger partial charge on any atom is 0.314 e. The molecule has 2 fully saturated rings. The van der Waals surface area contributed by atoms with Gasteiger partial charge in [0.1, 0.15) is 6.61 Å². The van der Waals surface area contributed by atoms with Gasteiger partial charge in [0, 0.05) is 0 Å². The summed E-state index contributed by atoms with van der Waals surface area (Å²) in [5, 5.41) is 0. The molecule has 3 unspecified atom stereocenters. The fourth-order valence-corrected chi connectivity index (χ4v) is 4.71. The zero-order chi connectivity index (χ0) is 12.3. The number of ether oxygens (including phenoxy) is 1. The van der Waals surface area contributed by atoms with E-state index in [0.717, 1.165) is 6.42 Å². The number of hydrogen-bond donors (Lipinski definition) is 0. The van der Waals surface area contributed by atoms with Gasteiger partial charge in [-0.05, 0) is 41.6 Å². The molecular weight excluding hydrogens is 212 g/mol. The van der Waals surface area contributed by atoms with Crippen LogP contribution in [0.5, 0.6) is 0 Å². The van der Waals surface area contributed by atoms with Gasteiger partial charge >= 0.3 is 5.97 Å². The van der Waals surface area contributed by atoms with Gasteiger partial charge in [-0.2, -0.15) is 0 Å². The van der Waals surface area contributed by atoms with Gasteiger partial charge in [0.2, 0.25) is 0 Å². The van der Waals surface area contributed by atoms with Crippen LogP contribution in [0.15, 0.2) is 11.6 Å². The summed E-state index contributed by atoms with van der Waals surface area (Å²) in [6.07, 6.45) is 7.13. The highest BCUT2D eigenvalue weighted by atomic mass is 16.5. The molecule has 94 valence electrons. The molecule has 0 aromatic carbocycles. The van der Waals surface area contributed by atoms with Crippen molar-refractivity contribution in [1.29, 1.82) is 0 Å². The Morgan fingerprint density at radius 3 is 2.82 bits per heavy atom. The van der Waals surface area contributed by atoms with Crippen molar-refractivity contribution in [1.82, 2.24) is 0 Å². The lowest BCUT2D eigenvalue weighted by Gasteiger charge is -2.54. The largest absolute Gasteiger partial charge is 0.461 e. The molecule has 2 heteroatoms. The molecule has 0 aromatic heterocycles. The number of allylic oxidation sites excluding steroid dienone is 1. The molecule has 3 rings (SSSR count). The summed E-state index contributed by atoms with van der Waals surface area (Å²) < 4.78 is 5.28. The maximum absolute atomic E-state index is 12.0. The average molecular weight is 234 g/mol. The van der Waals surface area contributed by atoms with Crippen molar-refractivity contribution in [2.45, 2.75) is 46.5 Å². The molecule has 0 spiro atoms. The van der Waals surface area contributed by atoms with Crippen LogP contribution in [-0.4, -0.2) is 12.6 Å². The Balaban J connectivity index is 2.05. The van der Waals surface area contributed by atoms with Crippen molar-refractivity contribution in [3.8, 4) is 0 Å². The van der Waals surface area contributed by atoms with Crippen LogP contribution < -0.4 is 0 Å². The van der Waals surface area contributed by atoms with Gasteiger partial charge in [0.25, 0.3) is 0 Å². The van der Waals surface area contributed by atoms with Crippen molar-refractivity contribution < 1.29 is 9.53 Å². The van der Waals surface area contributed by atoms with Crippen molar-refractivity contribution in [3.05, 3.63) is 11.6 Å². The molecule has 3 atom stereocenters. The fourth-order valence-electron chi connectivity index (χ4n) is 4.71. The van der Waals surface area contributed by atoms with Crippen LogP contribution in [0.3, 0.4) is 0 Å². The SMILES string of the molecule is CC1(C)CCCC2(C)C3C(=O)OCC3=CCC12. The normalized spacial score (nSPS) is 43.5. The Morgan fingerprint density at radius 2 is 2.06 bits per heavy atom. The molecule has 1 aliphatic heterocycles. The first-order valence-corrected chi connectivity index (χ1v) is 6.81. The molecule has 0 radical (unpaired) electrons. The lowest BCUT2D eigenvalue weighted by Crippen LogP contribution is -2.49. The zero-order valence-electron chi connectivity index (χ0n) is 11.1. The summed E-state index contributed by atoms with van der Waals surface area (Å²) in [5.74, 6) is 0.713. The zero-order valence-corrected chi connectivity index (χ0v) is 11.1. The molecule has 0 amide bonds. The topological polar surface area (TPSA) is 26.3 Å². The Kier molecular flexibility index (Phi) is 2.24. The summed E-state index contributed by atoms with van der Waals surface area (Å²) in [6, 6.07) is 0. The van der Waals surface area contributed by atoms with E-state index in [2.05, 4.69) is 26.8 Å². The Morgan fingerprint density at radius 1 is 1.29 bits per heavy atom. The van der Waals surface area contributed by atoms with Crippen molar-refractivity contribution in [3.63, 3.8) is 0 Å². The first kappa shape index (κ1) is 11.3. The van der Waals surface area contributed by atoms with Crippen LogP contribution in [0.4, 0.5) is 0 Å². The molecule has 3 aliphatic rings. The van der Waals surface area contributed by atoms with Crippen LogP contribution in [0, 0.1) is 22.7 Å². The molecule has 1 heterocycles. The molecule has 0 N–H and O–H groups in total. The van der Waals surface area contributed by atoms with Crippen LogP contribution in [-0.2, 0) is 9.53 Å². The second-order valence-corrected chi connectivity index (χ2v) is 6.96. The van der Waals surface area contributed by atoms with E-state index in [1.165, 1.54) is 24.8 Å². The third-order valence-corrected chi connectivity index (χ3v) is 5.54. The second-order valence-electron chi connectivity index (χ2n) is 6.96. The minimum atomic E-state index is 0.0288. The van der Waals surface area contributed by atoms with E-state index in [4.69, 9.17) is 4.74 Å². The number of hydrogen-bond acceptors (Lipinski definition) is 2. The maximum atomic E-state index is 12.0. The van der Waals surface area contributed by atoms with Gasteiger partial charge < -0.3 is 4.74 Å². The Hall–Kier alpha value is -0.790. The molecule has 2 nitrogen and oxygen atoms in total.